The van der Waals surface area contributed by atoms with Crippen molar-refractivity contribution in [1.82, 2.24) is 0 Å². The summed E-state index contributed by atoms with van der Waals surface area (Å²) < 4.78 is 22.2. The van der Waals surface area contributed by atoms with Crippen LogP contribution in [0.25, 0.3) is 0 Å². The molecule has 0 aromatic heterocycles. The first-order valence-corrected chi connectivity index (χ1v) is 8.88. The molecule has 2 heterocycles. The van der Waals surface area contributed by atoms with Crippen molar-refractivity contribution in [2.75, 3.05) is 0 Å². The number of hydrogen-bond donors (Lipinski definition) is 5. The molecule has 2 fully saturated rings. The van der Waals surface area contributed by atoms with Gasteiger partial charge in [-0.2, -0.15) is 0 Å². The first-order chi connectivity index (χ1) is 12.8. The second kappa shape index (κ2) is 8.38. The number of aliphatic hydroxyl groups is 5. The highest BCUT2D eigenvalue weighted by atomic mass is 16.7. The summed E-state index contributed by atoms with van der Waals surface area (Å²) >= 11 is 0. The Morgan fingerprint density at radius 2 is 1.30 bits per heavy atom. The summed E-state index contributed by atoms with van der Waals surface area (Å²) in [6, 6.07) is 8.72. The fourth-order valence-electron chi connectivity index (χ4n) is 3.21. The van der Waals surface area contributed by atoms with Crippen LogP contribution < -0.4 is 4.74 Å². The van der Waals surface area contributed by atoms with Gasteiger partial charge in [-0.15, -0.1) is 0 Å². The lowest BCUT2D eigenvalue weighted by atomic mass is 9.97. The number of para-hydroxylation sites is 1. The number of rotatable bonds is 4. The zero-order valence-corrected chi connectivity index (χ0v) is 15.0. The van der Waals surface area contributed by atoms with Gasteiger partial charge in [0.25, 0.3) is 0 Å². The first kappa shape index (κ1) is 20.4. The number of benzene rings is 1. The Morgan fingerprint density at radius 3 is 1.96 bits per heavy atom. The van der Waals surface area contributed by atoms with Crippen LogP contribution in [0.1, 0.15) is 13.8 Å². The third kappa shape index (κ3) is 4.25. The van der Waals surface area contributed by atoms with Gasteiger partial charge in [-0.05, 0) is 26.0 Å². The number of aliphatic hydroxyl groups excluding tert-OH is 5. The summed E-state index contributed by atoms with van der Waals surface area (Å²) in [5.74, 6) is 0.470. The molecule has 2 saturated heterocycles. The molecule has 1 aromatic rings. The van der Waals surface area contributed by atoms with Crippen molar-refractivity contribution in [1.29, 1.82) is 0 Å². The van der Waals surface area contributed by atoms with E-state index in [1.165, 1.54) is 6.92 Å². The highest BCUT2D eigenvalue weighted by Crippen LogP contribution is 2.29. The van der Waals surface area contributed by atoms with Crippen molar-refractivity contribution in [3.05, 3.63) is 30.3 Å². The van der Waals surface area contributed by atoms with Crippen LogP contribution in [0.3, 0.4) is 0 Å². The monoisotopic (exact) mass is 386 g/mol. The minimum Gasteiger partial charge on any atom is -0.462 e. The van der Waals surface area contributed by atoms with Gasteiger partial charge >= 0.3 is 0 Å². The summed E-state index contributed by atoms with van der Waals surface area (Å²) in [4.78, 5) is 0. The average molecular weight is 386 g/mol. The maximum atomic E-state index is 10.5. The van der Waals surface area contributed by atoms with E-state index in [4.69, 9.17) is 18.9 Å². The molecule has 1 aromatic carbocycles. The normalized spacial score (nSPS) is 45.4. The Balaban J connectivity index is 1.66. The molecule has 5 N–H and O–H groups in total. The summed E-state index contributed by atoms with van der Waals surface area (Å²) in [5, 5.41) is 50.5. The lowest BCUT2D eigenvalue weighted by Gasteiger charge is -2.45. The van der Waals surface area contributed by atoms with E-state index in [-0.39, 0.29) is 0 Å². The molecular formula is C18H26O9. The Bertz CT molecular complexity index is 600. The lowest BCUT2D eigenvalue weighted by Crippen LogP contribution is -2.63. The van der Waals surface area contributed by atoms with Gasteiger partial charge in [-0.3, -0.25) is 0 Å². The van der Waals surface area contributed by atoms with E-state index < -0.39 is 61.4 Å². The molecule has 2 aliphatic rings. The smallest absolute Gasteiger partial charge is 0.229 e. The van der Waals surface area contributed by atoms with Crippen LogP contribution in [0, 0.1) is 0 Å². The van der Waals surface area contributed by atoms with Gasteiger partial charge < -0.3 is 44.5 Å². The van der Waals surface area contributed by atoms with Gasteiger partial charge in [0.15, 0.2) is 6.29 Å². The van der Waals surface area contributed by atoms with Crippen LogP contribution in [0.2, 0.25) is 0 Å². The molecule has 0 amide bonds. The van der Waals surface area contributed by atoms with Gasteiger partial charge in [0.05, 0.1) is 12.2 Å². The quantitative estimate of drug-likeness (QED) is 0.429. The van der Waals surface area contributed by atoms with Crippen molar-refractivity contribution >= 4 is 0 Å². The van der Waals surface area contributed by atoms with Crippen molar-refractivity contribution in [3.8, 4) is 5.75 Å². The maximum Gasteiger partial charge on any atom is 0.229 e. The van der Waals surface area contributed by atoms with Crippen LogP contribution in [0.4, 0.5) is 0 Å². The minimum atomic E-state index is -1.52. The van der Waals surface area contributed by atoms with Crippen molar-refractivity contribution < 1.29 is 44.5 Å². The topological polar surface area (TPSA) is 138 Å². The van der Waals surface area contributed by atoms with E-state index in [0.29, 0.717) is 5.75 Å². The first-order valence-electron chi connectivity index (χ1n) is 8.88. The van der Waals surface area contributed by atoms with E-state index in [9.17, 15) is 25.5 Å². The van der Waals surface area contributed by atoms with Gasteiger partial charge in [-0.1, -0.05) is 18.2 Å². The minimum absolute atomic E-state index is 0.470. The van der Waals surface area contributed by atoms with E-state index in [1.54, 1.807) is 31.2 Å². The maximum absolute atomic E-state index is 10.5. The highest BCUT2D eigenvalue weighted by Gasteiger charge is 2.49. The fourth-order valence-corrected chi connectivity index (χ4v) is 3.21. The molecule has 0 saturated carbocycles. The Kier molecular flexibility index (Phi) is 6.34. The zero-order valence-electron chi connectivity index (χ0n) is 15.0. The molecule has 0 aliphatic carbocycles. The molecule has 10 unspecified atom stereocenters. The molecule has 0 spiro atoms. The molecular weight excluding hydrogens is 360 g/mol. The molecule has 152 valence electrons. The Labute approximate surface area is 156 Å². The second-order valence-electron chi connectivity index (χ2n) is 6.90. The SMILES string of the molecule is CC1OC(OC2C(C)OC(Oc3ccccc3)C(O)C2O)C(O)C(O)C1O. The van der Waals surface area contributed by atoms with Gasteiger partial charge in [-0.25, -0.2) is 0 Å². The van der Waals surface area contributed by atoms with Crippen molar-refractivity contribution in [2.24, 2.45) is 0 Å². The van der Waals surface area contributed by atoms with E-state index in [2.05, 4.69) is 0 Å². The predicted molar refractivity (Wildman–Crippen MR) is 90.6 cm³/mol. The summed E-state index contributed by atoms with van der Waals surface area (Å²) in [6.45, 7) is 3.14. The zero-order chi connectivity index (χ0) is 19.7. The van der Waals surface area contributed by atoms with Gasteiger partial charge in [0, 0.05) is 0 Å². The lowest BCUT2D eigenvalue weighted by molar-refractivity contribution is -0.345. The molecule has 9 heteroatoms. The van der Waals surface area contributed by atoms with Crippen LogP contribution in [0.5, 0.6) is 5.75 Å². The molecule has 0 bridgehead atoms. The Hall–Kier alpha value is -1.30. The molecule has 2 aliphatic heterocycles. The van der Waals surface area contributed by atoms with Crippen LogP contribution in [-0.2, 0) is 14.2 Å². The third-order valence-electron chi connectivity index (χ3n) is 4.87. The van der Waals surface area contributed by atoms with Crippen molar-refractivity contribution in [3.63, 3.8) is 0 Å². The second-order valence-corrected chi connectivity index (χ2v) is 6.90. The fraction of sp³-hybridized carbons (Fsp3) is 0.667. The van der Waals surface area contributed by atoms with Crippen LogP contribution in [0.15, 0.2) is 30.3 Å². The predicted octanol–water partition coefficient (Wildman–Crippen LogP) is -1.26. The number of hydrogen-bond acceptors (Lipinski definition) is 9. The van der Waals surface area contributed by atoms with E-state index >= 15 is 0 Å². The van der Waals surface area contributed by atoms with Gasteiger partial charge in [0.2, 0.25) is 6.29 Å². The summed E-state index contributed by atoms with van der Waals surface area (Å²) in [7, 11) is 0. The van der Waals surface area contributed by atoms with Gasteiger partial charge in [0.1, 0.15) is 42.4 Å². The standard InChI is InChI=1S/C18H26O9/c1-8-11(19)12(20)14(22)18(24-8)27-16-9(2)25-17(15(23)13(16)21)26-10-6-4-3-5-7-10/h3-9,11-23H,1-2H3. The Morgan fingerprint density at radius 1 is 0.704 bits per heavy atom. The molecule has 9 nitrogen and oxygen atoms in total. The highest BCUT2D eigenvalue weighted by molar-refractivity contribution is 5.21. The molecule has 0 radical (unpaired) electrons. The van der Waals surface area contributed by atoms with Crippen LogP contribution in [-0.4, -0.2) is 86.9 Å². The summed E-state index contributed by atoms with van der Waals surface area (Å²) in [5.41, 5.74) is 0. The largest absolute Gasteiger partial charge is 0.462 e. The molecule has 3 rings (SSSR count). The van der Waals surface area contributed by atoms with Crippen molar-refractivity contribution in [2.45, 2.75) is 75.3 Å². The average Bonchev–Trinajstić information content (AvgIpc) is 2.66. The van der Waals surface area contributed by atoms with E-state index in [0.717, 1.165) is 0 Å². The van der Waals surface area contributed by atoms with Crippen LogP contribution >= 0.6 is 0 Å². The number of ether oxygens (including phenoxy) is 4. The molecule has 10 atom stereocenters. The van der Waals surface area contributed by atoms with E-state index in [1.807, 2.05) is 6.07 Å². The third-order valence-corrected chi connectivity index (χ3v) is 4.87. The molecule has 27 heavy (non-hydrogen) atoms. The summed E-state index contributed by atoms with van der Waals surface area (Å²) in [6.07, 6.45) is -12.0.